The van der Waals surface area contributed by atoms with Gasteiger partial charge in [-0.15, -0.1) is 11.8 Å². The van der Waals surface area contributed by atoms with Crippen molar-refractivity contribution in [2.75, 3.05) is 25.5 Å². The Balaban J connectivity index is 1.82. The van der Waals surface area contributed by atoms with Gasteiger partial charge in [0.05, 0.1) is 11.5 Å². The molecule has 0 heterocycles. The molecule has 0 radical (unpaired) electrons. The fourth-order valence-electron chi connectivity index (χ4n) is 2.07. The number of halogens is 2. The van der Waals surface area contributed by atoms with Crippen molar-refractivity contribution in [2.24, 2.45) is 0 Å². The first kappa shape index (κ1) is 22.7. The summed E-state index contributed by atoms with van der Waals surface area (Å²) in [6.45, 7) is 1.72. The van der Waals surface area contributed by atoms with Crippen LogP contribution in [0.4, 0.5) is 4.39 Å². The van der Waals surface area contributed by atoms with Crippen LogP contribution in [0.25, 0.3) is 0 Å². The van der Waals surface area contributed by atoms with E-state index in [0.29, 0.717) is 10.6 Å². The second-order valence-electron chi connectivity index (χ2n) is 5.39. The van der Waals surface area contributed by atoms with Gasteiger partial charge in [0.15, 0.2) is 18.2 Å². The van der Waals surface area contributed by atoms with Crippen LogP contribution < -0.4 is 9.46 Å². The van der Waals surface area contributed by atoms with Crippen molar-refractivity contribution in [3.63, 3.8) is 0 Å². The lowest BCUT2D eigenvalue weighted by Crippen LogP contribution is -2.25. The van der Waals surface area contributed by atoms with Crippen molar-refractivity contribution >= 4 is 43.7 Å². The monoisotopic (exact) mass is 491 g/mol. The van der Waals surface area contributed by atoms with E-state index in [1.165, 1.54) is 36.0 Å². The zero-order chi connectivity index (χ0) is 20.6. The van der Waals surface area contributed by atoms with Crippen molar-refractivity contribution in [3.8, 4) is 5.75 Å². The molecule has 0 aliphatic rings. The molecule has 0 aromatic heterocycles. The second kappa shape index (κ2) is 10.8. The summed E-state index contributed by atoms with van der Waals surface area (Å²) >= 11 is 4.55. The van der Waals surface area contributed by atoms with Gasteiger partial charge < -0.3 is 9.47 Å². The van der Waals surface area contributed by atoms with Gasteiger partial charge in [0.1, 0.15) is 0 Å². The first-order chi connectivity index (χ1) is 13.3. The van der Waals surface area contributed by atoms with Crippen LogP contribution in [-0.2, 0) is 19.6 Å². The largest absolute Gasteiger partial charge is 0.479 e. The number of ether oxygens (including phenoxy) is 2. The van der Waals surface area contributed by atoms with E-state index in [2.05, 4.69) is 20.7 Å². The number of hydrogen-bond donors (Lipinski definition) is 1. The van der Waals surface area contributed by atoms with E-state index in [9.17, 15) is 17.6 Å². The Morgan fingerprint density at radius 1 is 1.21 bits per heavy atom. The van der Waals surface area contributed by atoms with Crippen molar-refractivity contribution in [1.82, 2.24) is 4.72 Å². The Morgan fingerprint density at radius 3 is 2.57 bits per heavy atom. The number of carbonyl (C=O) groups is 1. The van der Waals surface area contributed by atoms with Crippen LogP contribution in [0.5, 0.6) is 5.75 Å². The zero-order valence-electron chi connectivity index (χ0n) is 15.0. The predicted octanol–water partition coefficient (Wildman–Crippen LogP) is 3.60. The number of esters is 1. The first-order valence-corrected chi connectivity index (χ1v) is 11.5. The fraction of sp³-hybridized carbons (Fsp3) is 0.278. The van der Waals surface area contributed by atoms with Crippen LogP contribution in [0.2, 0.25) is 0 Å². The molecule has 0 fully saturated rings. The molecular weight excluding hydrogens is 473 g/mol. The Labute approximate surface area is 176 Å². The van der Waals surface area contributed by atoms with Gasteiger partial charge in [-0.3, -0.25) is 0 Å². The average Bonchev–Trinajstić information content (AvgIpc) is 2.65. The zero-order valence-corrected chi connectivity index (χ0v) is 18.2. The number of hydrogen-bond acceptors (Lipinski definition) is 6. The number of benzene rings is 2. The third-order valence-corrected chi connectivity index (χ3v) is 6.34. The molecular formula is C18H19BrFNO5S2. The molecule has 152 valence electrons. The Hall–Kier alpha value is -1.62. The molecule has 2 aromatic rings. The molecule has 0 atom stereocenters. The molecule has 0 aliphatic carbocycles. The van der Waals surface area contributed by atoms with Crippen molar-refractivity contribution < 1.29 is 27.1 Å². The van der Waals surface area contributed by atoms with E-state index in [1.807, 2.05) is 0 Å². The summed E-state index contributed by atoms with van der Waals surface area (Å²) in [5, 5.41) is 0. The van der Waals surface area contributed by atoms with Gasteiger partial charge in [-0.05, 0) is 49.4 Å². The van der Waals surface area contributed by atoms with Gasteiger partial charge in [0.25, 0.3) is 0 Å². The number of thioether (sulfide) groups is 1. The molecule has 2 rings (SSSR count). The third kappa shape index (κ3) is 7.08. The summed E-state index contributed by atoms with van der Waals surface area (Å²) in [6.07, 6.45) is 0. The van der Waals surface area contributed by atoms with Gasteiger partial charge in [-0.2, -0.15) is 0 Å². The minimum absolute atomic E-state index is 0.0478. The SMILES string of the molecule is CCOC(=O)COc1ccc(SCCNS(=O)(=O)c2ccc(Br)cc2)cc1F. The highest BCUT2D eigenvalue weighted by atomic mass is 79.9. The molecule has 0 aliphatic heterocycles. The van der Waals surface area contributed by atoms with Crippen molar-refractivity contribution in [1.29, 1.82) is 0 Å². The van der Waals surface area contributed by atoms with Gasteiger partial charge in [0.2, 0.25) is 10.0 Å². The number of rotatable bonds is 10. The summed E-state index contributed by atoms with van der Waals surface area (Å²) in [4.78, 5) is 12.0. The Kier molecular flexibility index (Phi) is 8.74. The molecule has 0 amide bonds. The van der Waals surface area contributed by atoms with Crippen LogP contribution in [-0.4, -0.2) is 39.9 Å². The highest BCUT2D eigenvalue weighted by molar-refractivity contribution is 9.10. The number of sulfonamides is 1. The summed E-state index contributed by atoms with van der Waals surface area (Å²) in [7, 11) is -3.59. The van der Waals surface area contributed by atoms with Crippen molar-refractivity contribution in [3.05, 3.63) is 52.8 Å². The lowest BCUT2D eigenvalue weighted by atomic mass is 10.3. The fourth-order valence-corrected chi connectivity index (χ4v) is 4.29. The smallest absolute Gasteiger partial charge is 0.344 e. The minimum atomic E-state index is -3.59. The molecule has 10 heteroatoms. The normalized spacial score (nSPS) is 11.2. The van der Waals surface area contributed by atoms with Crippen LogP contribution in [0.15, 0.2) is 56.7 Å². The van der Waals surface area contributed by atoms with Gasteiger partial charge in [0, 0.05) is 21.7 Å². The maximum Gasteiger partial charge on any atom is 0.344 e. The highest BCUT2D eigenvalue weighted by Crippen LogP contribution is 2.25. The van der Waals surface area contributed by atoms with E-state index < -0.39 is 21.8 Å². The lowest BCUT2D eigenvalue weighted by Gasteiger charge is -2.09. The standard InChI is InChI=1S/C18H19BrFNO5S2/c1-2-25-18(22)12-26-17-8-5-14(11-16(17)20)27-10-9-21-28(23,24)15-6-3-13(19)4-7-15/h3-8,11,21H,2,9-10,12H2,1H3. The van der Waals surface area contributed by atoms with Gasteiger partial charge in [-0.1, -0.05) is 15.9 Å². The molecule has 0 bridgehead atoms. The van der Waals surface area contributed by atoms with Crippen LogP contribution in [0, 0.1) is 5.82 Å². The first-order valence-electron chi connectivity index (χ1n) is 8.28. The quantitative estimate of drug-likeness (QED) is 0.310. The van der Waals surface area contributed by atoms with Crippen LogP contribution >= 0.6 is 27.7 Å². The van der Waals surface area contributed by atoms with E-state index in [0.717, 1.165) is 4.47 Å². The van der Waals surface area contributed by atoms with Gasteiger partial charge >= 0.3 is 5.97 Å². The summed E-state index contributed by atoms with van der Waals surface area (Å²) in [5.41, 5.74) is 0. The predicted molar refractivity (Wildman–Crippen MR) is 109 cm³/mol. The van der Waals surface area contributed by atoms with E-state index in [1.54, 1.807) is 25.1 Å². The summed E-state index contributed by atoms with van der Waals surface area (Å²) in [5.74, 6) is -0.811. The third-order valence-electron chi connectivity index (χ3n) is 3.34. The highest BCUT2D eigenvalue weighted by Gasteiger charge is 2.13. The lowest BCUT2D eigenvalue weighted by molar-refractivity contribution is -0.145. The van der Waals surface area contributed by atoms with Gasteiger partial charge in [-0.25, -0.2) is 22.3 Å². The summed E-state index contributed by atoms with van der Waals surface area (Å²) < 4.78 is 51.5. The molecule has 1 N–H and O–H groups in total. The minimum Gasteiger partial charge on any atom is -0.479 e. The Bertz CT molecular complexity index is 907. The molecule has 0 spiro atoms. The molecule has 0 unspecified atom stereocenters. The van der Waals surface area contributed by atoms with E-state index >= 15 is 0 Å². The second-order valence-corrected chi connectivity index (χ2v) is 9.24. The maximum atomic E-state index is 14.0. The molecule has 2 aromatic carbocycles. The van der Waals surface area contributed by atoms with E-state index in [4.69, 9.17) is 9.47 Å². The number of nitrogens with one attached hydrogen (secondary N) is 1. The molecule has 28 heavy (non-hydrogen) atoms. The number of carbonyl (C=O) groups excluding carboxylic acids is 1. The van der Waals surface area contributed by atoms with Crippen LogP contribution in [0.1, 0.15) is 6.92 Å². The Morgan fingerprint density at radius 2 is 1.93 bits per heavy atom. The molecule has 0 saturated carbocycles. The van der Waals surface area contributed by atoms with E-state index in [-0.39, 0.29) is 30.4 Å². The van der Waals surface area contributed by atoms with Crippen LogP contribution in [0.3, 0.4) is 0 Å². The maximum absolute atomic E-state index is 14.0. The van der Waals surface area contributed by atoms with Crippen molar-refractivity contribution in [2.45, 2.75) is 16.7 Å². The summed E-state index contributed by atoms with van der Waals surface area (Å²) in [6, 6.07) is 10.6. The topological polar surface area (TPSA) is 81.7 Å². The molecule has 6 nitrogen and oxygen atoms in total. The average molecular weight is 492 g/mol. The molecule has 0 saturated heterocycles.